The van der Waals surface area contributed by atoms with Crippen LogP contribution >= 0.6 is 11.8 Å². The largest absolute Gasteiger partial charge is 1.00 e. The van der Waals surface area contributed by atoms with E-state index in [9.17, 15) is 9.90 Å². The van der Waals surface area contributed by atoms with Gasteiger partial charge in [0.2, 0.25) is 5.52 Å². The number of esters is 1. The van der Waals surface area contributed by atoms with Crippen LogP contribution in [0.5, 0.6) is 0 Å². The van der Waals surface area contributed by atoms with Crippen molar-refractivity contribution in [3.63, 3.8) is 0 Å². The molecule has 0 atom stereocenters. The number of aromatic nitrogens is 1. The molecule has 0 aliphatic carbocycles. The van der Waals surface area contributed by atoms with E-state index in [4.69, 9.17) is 4.74 Å². The first kappa shape index (κ1) is 26.7. The van der Waals surface area contributed by atoms with Gasteiger partial charge >= 0.3 is 5.97 Å². The SMILES string of the molecule is COC(=O)c1ccc(C[n+]2ccc(C=CC=C3Sc4ccccc4N3CCO)c3ccccc32)cc1.[Br-]. The van der Waals surface area contributed by atoms with E-state index >= 15 is 0 Å². The molecular weight excluding hydrogens is 548 g/mol. The van der Waals surface area contributed by atoms with Gasteiger partial charge in [0.05, 0.1) is 35.4 Å². The fourth-order valence-electron chi connectivity index (χ4n) is 4.39. The van der Waals surface area contributed by atoms with E-state index in [0.717, 1.165) is 32.7 Å². The maximum atomic E-state index is 11.7. The van der Waals surface area contributed by atoms with Crippen LogP contribution in [0.4, 0.5) is 5.69 Å². The molecular formula is C30H27BrN2O3S. The Morgan fingerprint density at radius 3 is 2.57 bits per heavy atom. The van der Waals surface area contributed by atoms with Gasteiger partial charge in [-0.15, -0.1) is 0 Å². The number of rotatable bonds is 7. The molecule has 0 unspecified atom stereocenters. The highest BCUT2D eigenvalue weighted by Gasteiger charge is 2.23. The number of nitrogens with zero attached hydrogens (tertiary/aromatic N) is 2. The molecule has 0 amide bonds. The number of halogens is 1. The van der Waals surface area contributed by atoms with Gasteiger partial charge in [0, 0.05) is 29.1 Å². The lowest BCUT2D eigenvalue weighted by Crippen LogP contribution is -3.00. The highest BCUT2D eigenvalue weighted by Crippen LogP contribution is 2.45. The first-order chi connectivity index (χ1) is 17.7. The van der Waals surface area contributed by atoms with Gasteiger partial charge in [-0.25, -0.2) is 4.79 Å². The average molecular weight is 576 g/mol. The summed E-state index contributed by atoms with van der Waals surface area (Å²) in [5, 5.41) is 11.8. The molecule has 0 saturated carbocycles. The molecule has 1 N–H and O–H groups in total. The van der Waals surface area contributed by atoms with Gasteiger partial charge in [0.25, 0.3) is 0 Å². The number of thioether (sulfide) groups is 1. The molecule has 0 bridgehead atoms. The van der Waals surface area contributed by atoms with Crippen LogP contribution in [0.25, 0.3) is 17.0 Å². The van der Waals surface area contributed by atoms with Crippen LogP contribution in [-0.4, -0.2) is 31.3 Å². The number of hydrogen-bond donors (Lipinski definition) is 1. The zero-order valence-electron chi connectivity index (χ0n) is 20.4. The third kappa shape index (κ3) is 5.80. The predicted molar refractivity (Wildman–Crippen MR) is 145 cm³/mol. The van der Waals surface area contributed by atoms with Gasteiger partial charge in [-0.1, -0.05) is 60.3 Å². The van der Waals surface area contributed by atoms with Crippen molar-refractivity contribution in [2.45, 2.75) is 11.4 Å². The lowest BCUT2D eigenvalue weighted by atomic mass is 10.1. The number of β-amino-alcohol motifs (C(OH)–C–C–N with tert-alkyl or cyclic N) is 1. The molecule has 0 radical (unpaired) electrons. The molecule has 1 aliphatic rings. The van der Waals surface area contributed by atoms with Gasteiger partial charge in [0.15, 0.2) is 12.7 Å². The normalized spacial score (nSPS) is 13.7. The summed E-state index contributed by atoms with van der Waals surface area (Å²) in [6, 6.07) is 26.3. The van der Waals surface area contributed by atoms with Gasteiger partial charge in [0.1, 0.15) is 0 Å². The number of hydrogen-bond acceptors (Lipinski definition) is 5. The minimum Gasteiger partial charge on any atom is -1.00 e. The molecule has 7 heteroatoms. The molecule has 1 aliphatic heterocycles. The van der Waals surface area contributed by atoms with Crippen LogP contribution in [0.2, 0.25) is 0 Å². The fourth-order valence-corrected chi connectivity index (χ4v) is 5.50. The Labute approximate surface area is 231 Å². The second-order valence-electron chi connectivity index (χ2n) is 8.41. The topological polar surface area (TPSA) is 53.7 Å². The van der Waals surface area contributed by atoms with Crippen molar-refractivity contribution < 1.29 is 36.2 Å². The van der Waals surface area contributed by atoms with E-state index in [1.807, 2.05) is 30.3 Å². The van der Waals surface area contributed by atoms with Gasteiger partial charge < -0.3 is 31.7 Å². The number of aliphatic hydroxyl groups is 1. The van der Waals surface area contributed by atoms with Gasteiger partial charge in [-0.2, -0.15) is 4.57 Å². The number of anilines is 1. The molecule has 2 heterocycles. The van der Waals surface area contributed by atoms with E-state index in [1.165, 1.54) is 12.0 Å². The van der Waals surface area contributed by atoms with Gasteiger partial charge in [-0.05, 0) is 42.0 Å². The molecule has 188 valence electrons. The number of aliphatic hydroxyl groups excluding tert-OH is 1. The molecule has 3 aromatic carbocycles. The second-order valence-corrected chi connectivity index (χ2v) is 9.48. The Morgan fingerprint density at radius 1 is 1.03 bits per heavy atom. The lowest BCUT2D eigenvalue weighted by molar-refractivity contribution is -0.662. The molecule has 0 fully saturated rings. The Morgan fingerprint density at radius 2 is 1.78 bits per heavy atom. The Hall–Kier alpha value is -3.39. The maximum absolute atomic E-state index is 11.7. The number of carbonyl (C=O) groups is 1. The zero-order chi connectivity index (χ0) is 24.9. The monoisotopic (exact) mass is 574 g/mol. The average Bonchev–Trinajstić information content (AvgIpc) is 3.27. The molecule has 5 rings (SSSR count). The predicted octanol–water partition coefficient (Wildman–Crippen LogP) is 2.43. The molecule has 1 aromatic heterocycles. The highest BCUT2D eigenvalue weighted by atomic mass is 79.9. The highest BCUT2D eigenvalue weighted by molar-refractivity contribution is 8.03. The number of carbonyl (C=O) groups excluding carboxylic acids is 1. The number of ether oxygens (including phenoxy) is 1. The Kier molecular flexibility index (Phi) is 8.82. The van der Waals surface area contributed by atoms with E-state index < -0.39 is 0 Å². The van der Waals surface area contributed by atoms with Crippen molar-refractivity contribution in [1.82, 2.24) is 0 Å². The summed E-state index contributed by atoms with van der Waals surface area (Å²) in [4.78, 5) is 15.1. The summed E-state index contributed by atoms with van der Waals surface area (Å²) in [7, 11) is 1.39. The van der Waals surface area contributed by atoms with E-state index in [0.29, 0.717) is 18.7 Å². The van der Waals surface area contributed by atoms with Crippen LogP contribution < -0.4 is 26.4 Å². The first-order valence-corrected chi connectivity index (χ1v) is 12.6. The molecule has 4 aromatic rings. The number of benzene rings is 3. The molecule has 5 nitrogen and oxygen atoms in total. The number of pyridine rings is 1. The van der Waals surface area contributed by atoms with Crippen molar-refractivity contribution >= 4 is 40.4 Å². The van der Waals surface area contributed by atoms with Crippen LogP contribution in [-0.2, 0) is 11.3 Å². The summed E-state index contributed by atoms with van der Waals surface area (Å²) in [5.74, 6) is -0.329. The number of allylic oxidation sites excluding steroid dienone is 2. The summed E-state index contributed by atoms with van der Waals surface area (Å²) in [5.41, 5.74) is 5.06. The number of fused-ring (bicyclic) bond motifs is 2. The quantitative estimate of drug-likeness (QED) is 0.271. The van der Waals surface area contributed by atoms with Crippen LogP contribution in [0.1, 0.15) is 21.5 Å². The fraction of sp³-hybridized carbons (Fsp3) is 0.133. The molecule has 0 saturated heterocycles. The van der Waals surface area contributed by atoms with Crippen molar-refractivity contribution in [3.8, 4) is 0 Å². The van der Waals surface area contributed by atoms with Crippen LogP contribution in [0, 0.1) is 0 Å². The minimum absolute atomic E-state index is 0. The van der Waals surface area contributed by atoms with Crippen molar-refractivity contribution in [1.29, 1.82) is 0 Å². The molecule has 0 spiro atoms. The summed E-state index contributed by atoms with van der Waals surface area (Å²) >= 11 is 1.72. The Bertz CT molecular complexity index is 1470. The van der Waals surface area contributed by atoms with Crippen molar-refractivity contribution in [2.75, 3.05) is 25.2 Å². The zero-order valence-corrected chi connectivity index (χ0v) is 22.8. The smallest absolute Gasteiger partial charge is 0.337 e. The number of para-hydroxylation sites is 2. The minimum atomic E-state index is -0.329. The third-order valence-electron chi connectivity index (χ3n) is 6.16. The van der Waals surface area contributed by atoms with E-state index in [-0.39, 0.29) is 29.6 Å². The first-order valence-electron chi connectivity index (χ1n) is 11.8. The maximum Gasteiger partial charge on any atom is 0.337 e. The summed E-state index contributed by atoms with van der Waals surface area (Å²) in [6.45, 7) is 1.37. The van der Waals surface area contributed by atoms with Gasteiger partial charge in [-0.3, -0.25) is 0 Å². The Balaban J connectivity index is 0.00000320. The van der Waals surface area contributed by atoms with Crippen LogP contribution in [0.3, 0.4) is 0 Å². The van der Waals surface area contributed by atoms with Crippen LogP contribution in [0.15, 0.2) is 107 Å². The second kappa shape index (κ2) is 12.2. The van der Waals surface area contributed by atoms with E-state index in [1.54, 1.807) is 23.9 Å². The number of methoxy groups -OCH3 is 1. The summed E-state index contributed by atoms with van der Waals surface area (Å²) in [6.07, 6.45) is 8.42. The lowest BCUT2D eigenvalue weighted by Gasteiger charge is -2.18. The van der Waals surface area contributed by atoms with Crippen molar-refractivity contribution in [2.24, 2.45) is 0 Å². The molecule has 37 heavy (non-hydrogen) atoms. The summed E-state index contributed by atoms with van der Waals surface area (Å²) < 4.78 is 7.01. The standard InChI is InChI=1S/C30H27N2O3S.BrH/c1-35-30(34)24-15-13-22(14-16-24)21-31-18-17-23(25-8-2-3-9-26(25)31)7-6-12-29-32(19-20-33)27-10-4-5-11-28(27)36-29;/h2-18,33H,19-21H2,1H3;1H/q+1;/p-1. The third-order valence-corrected chi connectivity index (χ3v) is 7.29. The van der Waals surface area contributed by atoms with Crippen molar-refractivity contribution in [3.05, 3.63) is 119 Å². The van der Waals surface area contributed by atoms with E-state index in [2.05, 4.69) is 70.3 Å².